The molecule has 2 N–H and O–H groups in total. The second-order valence-corrected chi connectivity index (χ2v) is 3.30. The van der Waals surface area contributed by atoms with Gasteiger partial charge in [-0.2, -0.15) is 0 Å². The largest absolute Gasteiger partial charge is 0.344 e. The Labute approximate surface area is 57.8 Å². The molecule has 1 heterocycles. The smallest absolute Gasteiger partial charge is 0.0830 e. The Morgan fingerprint density at radius 3 is 2.67 bits per heavy atom. The molecule has 1 rings (SSSR count). The van der Waals surface area contributed by atoms with E-state index in [1.54, 1.807) is 0 Å². The molecular formula is C8H18N+. The van der Waals surface area contributed by atoms with Crippen LogP contribution in [0.5, 0.6) is 0 Å². The Hall–Kier alpha value is -0.0400. The Morgan fingerprint density at radius 1 is 1.44 bits per heavy atom. The fourth-order valence-corrected chi connectivity index (χ4v) is 1.53. The van der Waals surface area contributed by atoms with Gasteiger partial charge in [0.1, 0.15) is 0 Å². The van der Waals surface area contributed by atoms with Crippen molar-refractivity contribution in [2.24, 2.45) is 5.92 Å². The van der Waals surface area contributed by atoms with Crippen molar-refractivity contribution >= 4 is 0 Å². The lowest BCUT2D eigenvalue weighted by Gasteiger charge is -2.23. The zero-order valence-electron chi connectivity index (χ0n) is 6.56. The number of piperidine rings is 1. The second kappa shape index (κ2) is 3.21. The minimum atomic E-state index is 0.896. The molecule has 1 aliphatic rings. The van der Waals surface area contributed by atoms with Crippen LogP contribution in [0.15, 0.2) is 0 Å². The molecule has 1 heteroatoms. The summed E-state index contributed by atoms with van der Waals surface area (Å²) in [7, 11) is 0. The van der Waals surface area contributed by atoms with Crippen LogP contribution in [-0.4, -0.2) is 12.6 Å². The van der Waals surface area contributed by atoms with Gasteiger partial charge in [-0.05, 0) is 26.2 Å². The first-order valence-corrected chi connectivity index (χ1v) is 4.16. The number of rotatable bonds is 1. The third-order valence-electron chi connectivity index (χ3n) is 2.48. The molecule has 0 bridgehead atoms. The van der Waals surface area contributed by atoms with Crippen molar-refractivity contribution in [1.29, 1.82) is 0 Å². The van der Waals surface area contributed by atoms with Crippen LogP contribution in [0.2, 0.25) is 0 Å². The lowest BCUT2D eigenvalue weighted by molar-refractivity contribution is -0.700. The molecule has 54 valence electrons. The van der Waals surface area contributed by atoms with Gasteiger partial charge < -0.3 is 5.32 Å². The molecule has 1 fully saturated rings. The molecule has 0 amide bonds. The first-order chi connectivity index (χ1) is 4.33. The van der Waals surface area contributed by atoms with Gasteiger partial charge in [-0.15, -0.1) is 0 Å². The summed E-state index contributed by atoms with van der Waals surface area (Å²) >= 11 is 0. The molecule has 0 unspecified atom stereocenters. The summed E-state index contributed by atoms with van der Waals surface area (Å²) in [6, 6.07) is 0.896. The van der Waals surface area contributed by atoms with E-state index in [4.69, 9.17) is 0 Å². The van der Waals surface area contributed by atoms with Crippen molar-refractivity contribution in [2.45, 2.75) is 39.2 Å². The average Bonchev–Trinajstić information content (AvgIpc) is 1.90. The van der Waals surface area contributed by atoms with Crippen molar-refractivity contribution in [3.05, 3.63) is 0 Å². The SMILES string of the molecule is CC[C@@H]1CC[C@H](C)[NH2+]C1. The number of hydrogen-bond donors (Lipinski definition) is 1. The number of hydrogen-bond acceptors (Lipinski definition) is 0. The van der Waals surface area contributed by atoms with Gasteiger partial charge in [-0.3, -0.25) is 0 Å². The molecule has 0 aromatic rings. The van der Waals surface area contributed by atoms with Crippen LogP contribution in [0.25, 0.3) is 0 Å². The van der Waals surface area contributed by atoms with E-state index in [-0.39, 0.29) is 0 Å². The summed E-state index contributed by atoms with van der Waals surface area (Å²) in [5, 5.41) is 2.48. The molecule has 2 atom stereocenters. The van der Waals surface area contributed by atoms with Crippen LogP contribution in [0, 0.1) is 5.92 Å². The second-order valence-electron chi connectivity index (χ2n) is 3.30. The fraction of sp³-hybridized carbons (Fsp3) is 1.00. The highest BCUT2D eigenvalue weighted by Gasteiger charge is 2.18. The van der Waals surface area contributed by atoms with Crippen molar-refractivity contribution in [1.82, 2.24) is 0 Å². The molecule has 0 aromatic heterocycles. The monoisotopic (exact) mass is 128 g/mol. The van der Waals surface area contributed by atoms with Gasteiger partial charge in [0, 0.05) is 5.92 Å². The highest BCUT2D eigenvalue weighted by molar-refractivity contribution is 4.61. The molecule has 0 spiro atoms. The third kappa shape index (κ3) is 1.98. The zero-order chi connectivity index (χ0) is 6.69. The van der Waals surface area contributed by atoms with Crippen LogP contribution in [0.4, 0.5) is 0 Å². The standard InChI is InChI=1S/C8H17N/c1-3-8-5-4-7(2)9-6-8/h7-9H,3-6H2,1-2H3/p+1/t7-,8+/m0/s1. The van der Waals surface area contributed by atoms with Gasteiger partial charge in [0.05, 0.1) is 12.6 Å². The van der Waals surface area contributed by atoms with Gasteiger partial charge in [-0.1, -0.05) is 6.92 Å². The quantitative estimate of drug-likeness (QED) is 0.537. The Morgan fingerprint density at radius 2 is 2.22 bits per heavy atom. The summed E-state index contributed by atoms with van der Waals surface area (Å²) in [6.07, 6.45) is 4.27. The maximum Gasteiger partial charge on any atom is 0.0830 e. The van der Waals surface area contributed by atoms with E-state index in [0.29, 0.717) is 0 Å². The molecule has 0 aromatic carbocycles. The first-order valence-electron chi connectivity index (χ1n) is 4.16. The maximum atomic E-state index is 2.48. The molecule has 1 aliphatic heterocycles. The molecule has 0 radical (unpaired) electrons. The van der Waals surface area contributed by atoms with Gasteiger partial charge in [0.25, 0.3) is 0 Å². The van der Waals surface area contributed by atoms with Crippen molar-refractivity contribution in [3.8, 4) is 0 Å². The summed E-state index contributed by atoms with van der Waals surface area (Å²) in [5.74, 6) is 1.01. The predicted octanol–water partition coefficient (Wildman–Crippen LogP) is 0.758. The van der Waals surface area contributed by atoms with Crippen LogP contribution in [-0.2, 0) is 0 Å². The lowest BCUT2D eigenvalue weighted by atomic mass is 9.94. The summed E-state index contributed by atoms with van der Waals surface area (Å²) in [5.41, 5.74) is 0. The molecule has 0 saturated carbocycles. The molecule has 9 heavy (non-hydrogen) atoms. The van der Waals surface area contributed by atoms with E-state index in [0.717, 1.165) is 12.0 Å². The summed E-state index contributed by atoms with van der Waals surface area (Å²) < 4.78 is 0. The predicted molar refractivity (Wildman–Crippen MR) is 39.3 cm³/mol. The van der Waals surface area contributed by atoms with Crippen LogP contribution in [0.3, 0.4) is 0 Å². The van der Waals surface area contributed by atoms with E-state index < -0.39 is 0 Å². The van der Waals surface area contributed by atoms with Gasteiger partial charge in [0.2, 0.25) is 0 Å². The average molecular weight is 128 g/mol. The topological polar surface area (TPSA) is 16.6 Å². The van der Waals surface area contributed by atoms with Crippen LogP contribution < -0.4 is 5.32 Å². The Kier molecular flexibility index (Phi) is 2.52. The Balaban J connectivity index is 2.18. The molecule has 1 nitrogen and oxygen atoms in total. The van der Waals surface area contributed by atoms with Gasteiger partial charge >= 0.3 is 0 Å². The Bertz CT molecular complexity index is 72.6. The van der Waals surface area contributed by atoms with E-state index in [1.165, 1.54) is 25.8 Å². The molecule has 1 saturated heterocycles. The lowest BCUT2D eigenvalue weighted by Crippen LogP contribution is -2.91. The maximum absolute atomic E-state index is 2.48. The highest BCUT2D eigenvalue weighted by atomic mass is 14.9. The van der Waals surface area contributed by atoms with Crippen molar-refractivity contribution < 1.29 is 5.32 Å². The molecule has 0 aliphatic carbocycles. The number of nitrogens with two attached hydrogens (primary N) is 1. The number of quaternary nitrogens is 1. The molecular weight excluding hydrogens is 110 g/mol. The van der Waals surface area contributed by atoms with Gasteiger partial charge in [0.15, 0.2) is 0 Å². The summed E-state index contributed by atoms with van der Waals surface area (Å²) in [4.78, 5) is 0. The van der Waals surface area contributed by atoms with E-state index in [2.05, 4.69) is 19.2 Å². The van der Waals surface area contributed by atoms with E-state index in [9.17, 15) is 0 Å². The first kappa shape index (κ1) is 7.07. The highest BCUT2D eigenvalue weighted by Crippen LogP contribution is 2.12. The van der Waals surface area contributed by atoms with Crippen molar-refractivity contribution in [3.63, 3.8) is 0 Å². The summed E-state index contributed by atoms with van der Waals surface area (Å²) in [6.45, 7) is 6.00. The van der Waals surface area contributed by atoms with Crippen LogP contribution in [0.1, 0.15) is 33.1 Å². The fourth-order valence-electron chi connectivity index (χ4n) is 1.53. The minimum absolute atomic E-state index is 0.896. The minimum Gasteiger partial charge on any atom is -0.344 e. The van der Waals surface area contributed by atoms with Crippen LogP contribution >= 0.6 is 0 Å². The van der Waals surface area contributed by atoms with E-state index in [1.807, 2.05) is 0 Å². The normalized spacial score (nSPS) is 36.7. The third-order valence-corrected chi connectivity index (χ3v) is 2.48. The van der Waals surface area contributed by atoms with Gasteiger partial charge in [-0.25, -0.2) is 0 Å². The van der Waals surface area contributed by atoms with E-state index >= 15 is 0 Å². The zero-order valence-corrected chi connectivity index (χ0v) is 6.56. The van der Waals surface area contributed by atoms with Crippen molar-refractivity contribution in [2.75, 3.05) is 6.54 Å².